The maximum Gasteiger partial charge on any atom is 0.146 e. The van der Waals surface area contributed by atoms with Gasteiger partial charge in [-0.25, -0.2) is 4.98 Å². The van der Waals surface area contributed by atoms with Crippen molar-refractivity contribution in [1.82, 2.24) is 14.4 Å². The summed E-state index contributed by atoms with van der Waals surface area (Å²) < 4.78 is 2.34. The first-order valence-corrected chi connectivity index (χ1v) is 19.3. The fraction of sp³-hybridized carbons (Fsp3) is 0. The van der Waals surface area contributed by atoms with Gasteiger partial charge >= 0.3 is 0 Å². The van der Waals surface area contributed by atoms with Crippen molar-refractivity contribution in [2.75, 3.05) is 0 Å². The molecule has 0 unspecified atom stereocenters. The van der Waals surface area contributed by atoms with Crippen LogP contribution in [0.25, 0.3) is 126 Å². The second kappa shape index (κ2) is 11.0. The summed E-state index contributed by atoms with van der Waals surface area (Å²) in [5, 5.41) is 16.2. The van der Waals surface area contributed by atoms with Gasteiger partial charge < -0.3 is 4.98 Å². The minimum Gasteiger partial charge on any atom is -0.354 e. The summed E-state index contributed by atoms with van der Waals surface area (Å²) in [4.78, 5) is 8.95. The first-order valence-electron chi connectivity index (χ1n) is 19.3. The van der Waals surface area contributed by atoms with E-state index in [4.69, 9.17) is 4.98 Å². The predicted molar refractivity (Wildman–Crippen MR) is 238 cm³/mol. The average molecular weight is 710 g/mol. The number of para-hydroxylation sites is 2. The number of benzene rings is 10. The van der Waals surface area contributed by atoms with Crippen LogP contribution in [0.15, 0.2) is 182 Å². The molecule has 0 saturated heterocycles. The number of H-pyrrole nitrogens is 1. The second-order valence-corrected chi connectivity index (χ2v) is 15.1. The zero-order chi connectivity index (χ0) is 36.5. The minimum atomic E-state index is 0.996. The van der Waals surface area contributed by atoms with Crippen molar-refractivity contribution in [3.05, 3.63) is 182 Å². The summed E-state index contributed by atoms with van der Waals surface area (Å²) in [6.07, 6.45) is 0. The number of hydrogen-bond donors (Lipinski definition) is 1. The molecular weight excluding hydrogens is 679 g/mol. The third kappa shape index (κ3) is 3.93. The van der Waals surface area contributed by atoms with Gasteiger partial charge in [0.2, 0.25) is 0 Å². The van der Waals surface area contributed by atoms with Crippen molar-refractivity contribution in [1.29, 1.82) is 0 Å². The SMILES string of the molecule is c1ccc2c(c1)nc1c3ccccc3c3cc(-c4c5ccccc5c(-c5ccc6[nH]c7c8ccccc8c8ccccc8c7c6c5)c5ccccc45)ccc3n21. The molecule has 0 bridgehead atoms. The molecule has 0 fully saturated rings. The Hall–Kier alpha value is -7.49. The number of nitrogens with zero attached hydrogens (tertiary/aromatic N) is 2. The third-order valence-corrected chi connectivity index (χ3v) is 12.2. The van der Waals surface area contributed by atoms with Gasteiger partial charge in [-0.2, -0.15) is 0 Å². The topological polar surface area (TPSA) is 33.1 Å². The van der Waals surface area contributed by atoms with Gasteiger partial charge in [0.25, 0.3) is 0 Å². The molecule has 3 heterocycles. The smallest absolute Gasteiger partial charge is 0.146 e. The van der Waals surface area contributed by atoms with Crippen molar-refractivity contribution in [2.24, 2.45) is 0 Å². The Morgan fingerprint density at radius 3 is 1.50 bits per heavy atom. The molecule has 0 radical (unpaired) electrons. The summed E-state index contributed by atoms with van der Waals surface area (Å²) >= 11 is 0. The van der Waals surface area contributed by atoms with Gasteiger partial charge in [0.05, 0.1) is 22.1 Å². The van der Waals surface area contributed by atoms with Gasteiger partial charge in [-0.15, -0.1) is 0 Å². The van der Waals surface area contributed by atoms with Crippen molar-refractivity contribution >= 4 is 103 Å². The van der Waals surface area contributed by atoms with E-state index in [1.54, 1.807) is 0 Å². The van der Waals surface area contributed by atoms with Crippen LogP contribution in [-0.4, -0.2) is 14.4 Å². The molecule has 0 aliphatic rings. The highest BCUT2D eigenvalue weighted by Crippen LogP contribution is 2.47. The van der Waals surface area contributed by atoms with E-state index in [2.05, 4.69) is 191 Å². The molecule has 0 atom stereocenters. The van der Waals surface area contributed by atoms with Gasteiger partial charge in [0.15, 0.2) is 0 Å². The molecule has 3 nitrogen and oxygen atoms in total. The van der Waals surface area contributed by atoms with Crippen LogP contribution in [0.2, 0.25) is 0 Å². The van der Waals surface area contributed by atoms with E-state index in [0.29, 0.717) is 0 Å². The Bertz CT molecular complexity index is 3770. The molecule has 0 spiro atoms. The van der Waals surface area contributed by atoms with E-state index in [1.807, 2.05) is 0 Å². The summed E-state index contributed by atoms with van der Waals surface area (Å²) in [6.45, 7) is 0. The third-order valence-electron chi connectivity index (χ3n) is 12.2. The minimum absolute atomic E-state index is 0.996. The van der Waals surface area contributed by atoms with Crippen molar-refractivity contribution in [2.45, 2.75) is 0 Å². The summed E-state index contributed by atoms with van der Waals surface area (Å²) in [7, 11) is 0. The molecule has 13 aromatic rings. The molecule has 0 amide bonds. The highest BCUT2D eigenvalue weighted by atomic mass is 15.0. The van der Waals surface area contributed by atoms with Crippen molar-refractivity contribution < 1.29 is 0 Å². The number of pyridine rings is 1. The Labute approximate surface area is 320 Å². The Morgan fingerprint density at radius 2 is 0.839 bits per heavy atom. The van der Waals surface area contributed by atoms with Gasteiger partial charge in [0, 0.05) is 32.4 Å². The first kappa shape index (κ1) is 29.9. The number of hydrogen-bond acceptors (Lipinski definition) is 1. The molecule has 56 heavy (non-hydrogen) atoms. The average Bonchev–Trinajstić information content (AvgIpc) is 3.85. The van der Waals surface area contributed by atoms with Crippen LogP contribution >= 0.6 is 0 Å². The fourth-order valence-corrected chi connectivity index (χ4v) is 9.92. The van der Waals surface area contributed by atoms with Crippen LogP contribution in [0, 0.1) is 0 Å². The first-order chi connectivity index (χ1) is 27.8. The monoisotopic (exact) mass is 709 g/mol. The van der Waals surface area contributed by atoms with E-state index < -0.39 is 0 Å². The maximum absolute atomic E-state index is 5.12. The Morgan fingerprint density at radius 1 is 0.357 bits per heavy atom. The normalized spacial score (nSPS) is 12.3. The molecule has 258 valence electrons. The quantitative estimate of drug-likeness (QED) is 0.141. The zero-order valence-corrected chi connectivity index (χ0v) is 30.2. The highest BCUT2D eigenvalue weighted by molar-refractivity contribution is 6.32. The molecular formula is C53H31N3. The Kier molecular flexibility index (Phi) is 5.89. The van der Waals surface area contributed by atoms with Crippen molar-refractivity contribution in [3.8, 4) is 22.3 Å². The van der Waals surface area contributed by atoms with Crippen LogP contribution < -0.4 is 0 Å². The number of nitrogens with one attached hydrogen (secondary N) is 1. The van der Waals surface area contributed by atoms with Crippen LogP contribution in [0.5, 0.6) is 0 Å². The number of imidazole rings is 1. The molecule has 3 aromatic heterocycles. The molecule has 1 N–H and O–H groups in total. The van der Waals surface area contributed by atoms with Gasteiger partial charge in [-0.1, -0.05) is 146 Å². The van der Waals surface area contributed by atoms with E-state index >= 15 is 0 Å². The zero-order valence-electron chi connectivity index (χ0n) is 30.2. The lowest BCUT2D eigenvalue weighted by atomic mass is 9.85. The maximum atomic E-state index is 5.12. The molecule has 0 saturated carbocycles. The van der Waals surface area contributed by atoms with Crippen LogP contribution in [0.4, 0.5) is 0 Å². The number of fused-ring (bicyclic) bond motifs is 18. The fourth-order valence-electron chi connectivity index (χ4n) is 9.92. The standard InChI is InChI=1S/C53H31N3/c1-4-16-36-33(13-1)34-14-2-9-21-41(34)52-51(36)44-30-31(25-27-45(44)54-52)49-37-17-5-7-19-39(37)50(40-20-8-6-18-38(40)49)32-26-28-47-43(29-32)35-15-3-10-22-42(35)53-55-46-23-11-12-24-48(46)56(47)53/h1-30,54H. The lowest BCUT2D eigenvalue weighted by Crippen LogP contribution is -1.94. The lowest BCUT2D eigenvalue weighted by molar-refractivity contribution is 1.31. The highest BCUT2D eigenvalue weighted by Gasteiger charge is 2.20. The van der Waals surface area contributed by atoms with Gasteiger partial charge in [-0.05, 0) is 102 Å². The number of aromatic amines is 1. The van der Waals surface area contributed by atoms with Crippen LogP contribution in [0.3, 0.4) is 0 Å². The summed E-state index contributed by atoms with van der Waals surface area (Å²) in [6, 6.07) is 66.8. The molecule has 0 aliphatic carbocycles. The van der Waals surface area contributed by atoms with E-state index in [1.165, 1.54) is 92.4 Å². The number of rotatable bonds is 2. The van der Waals surface area contributed by atoms with E-state index in [0.717, 1.165) is 33.1 Å². The lowest BCUT2D eigenvalue weighted by Gasteiger charge is -2.18. The number of aromatic nitrogens is 3. The molecule has 0 aliphatic heterocycles. The molecule has 13 rings (SSSR count). The summed E-state index contributed by atoms with van der Waals surface area (Å²) in [5.41, 5.74) is 11.6. The van der Waals surface area contributed by atoms with Gasteiger partial charge in [-0.3, -0.25) is 4.40 Å². The molecule has 3 heteroatoms. The largest absolute Gasteiger partial charge is 0.354 e. The predicted octanol–water partition coefficient (Wildman–Crippen LogP) is 14.4. The van der Waals surface area contributed by atoms with E-state index in [9.17, 15) is 0 Å². The van der Waals surface area contributed by atoms with Crippen LogP contribution in [0.1, 0.15) is 0 Å². The van der Waals surface area contributed by atoms with Crippen LogP contribution in [-0.2, 0) is 0 Å². The summed E-state index contributed by atoms with van der Waals surface area (Å²) in [5.74, 6) is 0. The molecule has 10 aromatic carbocycles. The van der Waals surface area contributed by atoms with E-state index in [-0.39, 0.29) is 0 Å². The second-order valence-electron chi connectivity index (χ2n) is 15.1. The Balaban J connectivity index is 1.11. The van der Waals surface area contributed by atoms with Crippen molar-refractivity contribution in [3.63, 3.8) is 0 Å². The van der Waals surface area contributed by atoms with Gasteiger partial charge in [0.1, 0.15) is 5.65 Å².